The van der Waals surface area contributed by atoms with Gasteiger partial charge in [-0.25, -0.2) is 8.78 Å². The standard InChI is InChI=1S/C15H12F5N/c16-11-6-7-12(17)13(8-11)21-14(9-15(18,19)20)10-4-2-1-3-5-10/h1-8,14,21H,9H2. The van der Waals surface area contributed by atoms with E-state index in [4.69, 9.17) is 0 Å². The first-order valence-electron chi connectivity index (χ1n) is 6.18. The molecule has 2 aromatic rings. The van der Waals surface area contributed by atoms with E-state index in [2.05, 4.69) is 5.32 Å². The zero-order valence-electron chi connectivity index (χ0n) is 10.8. The largest absolute Gasteiger partial charge is 0.391 e. The normalized spacial score (nSPS) is 13.0. The molecule has 112 valence electrons. The summed E-state index contributed by atoms with van der Waals surface area (Å²) in [6.07, 6.45) is -5.62. The fraction of sp³-hybridized carbons (Fsp3) is 0.200. The van der Waals surface area contributed by atoms with Crippen molar-refractivity contribution >= 4 is 5.69 Å². The molecule has 0 heterocycles. The highest BCUT2D eigenvalue weighted by Crippen LogP contribution is 2.32. The zero-order valence-corrected chi connectivity index (χ0v) is 10.8. The molecule has 0 radical (unpaired) electrons. The molecule has 1 N–H and O–H groups in total. The zero-order chi connectivity index (χ0) is 15.5. The second-order valence-electron chi connectivity index (χ2n) is 4.55. The van der Waals surface area contributed by atoms with Crippen molar-refractivity contribution in [1.82, 2.24) is 0 Å². The third kappa shape index (κ3) is 4.44. The van der Waals surface area contributed by atoms with Crippen LogP contribution in [0.25, 0.3) is 0 Å². The molecule has 0 aliphatic rings. The summed E-state index contributed by atoms with van der Waals surface area (Å²) in [5, 5.41) is 2.43. The van der Waals surface area contributed by atoms with Gasteiger partial charge >= 0.3 is 6.18 Å². The predicted molar refractivity (Wildman–Crippen MR) is 69.8 cm³/mol. The van der Waals surface area contributed by atoms with E-state index in [1.54, 1.807) is 18.2 Å². The predicted octanol–water partition coefficient (Wildman–Crippen LogP) is 5.07. The summed E-state index contributed by atoms with van der Waals surface area (Å²) in [6.45, 7) is 0. The summed E-state index contributed by atoms with van der Waals surface area (Å²) in [4.78, 5) is 0. The molecule has 0 aliphatic heterocycles. The number of alkyl halides is 3. The number of anilines is 1. The summed E-state index contributed by atoms with van der Waals surface area (Å²) in [6, 6.07) is 9.25. The Labute approximate surface area is 118 Å². The summed E-state index contributed by atoms with van der Waals surface area (Å²) in [7, 11) is 0. The minimum absolute atomic E-state index is 0.298. The lowest BCUT2D eigenvalue weighted by molar-refractivity contribution is -0.137. The van der Waals surface area contributed by atoms with Gasteiger partial charge in [-0.1, -0.05) is 30.3 Å². The third-order valence-corrected chi connectivity index (χ3v) is 2.90. The van der Waals surface area contributed by atoms with Gasteiger partial charge < -0.3 is 5.32 Å². The van der Waals surface area contributed by atoms with Gasteiger partial charge in [0.2, 0.25) is 0 Å². The molecule has 1 unspecified atom stereocenters. The van der Waals surface area contributed by atoms with E-state index in [0.29, 0.717) is 5.56 Å². The molecule has 0 saturated carbocycles. The molecule has 0 spiro atoms. The minimum atomic E-state index is -4.43. The van der Waals surface area contributed by atoms with Crippen LogP contribution >= 0.6 is 0 Å². The van der Waals surface area contributed by atoms with Crippen LogP contribution in [0.15, 0.2) is 48.5 Å². The van der Waals surface area contributed by atoms with E-state index in [-0.39, 0.29) is 5.69 Å². The lowest BCUT2D eigenvalue weighted by Gasteiger charge is -2.22. The highest BCUT2D eigenvalue weighted by Gasteiger charge is 2.33. The number of hydrogen-bond acceptors (Lipinski definition) is 1. The second-order valence-corrected chi connectivity index (χ2v) is 4.55. The average Bonchev–Trinajstić information content (AvgIpc) is 2.42. The SMILES string of the molecule is Fc1ccc(F)c(NC(CC(F)(F)F)c2ccccc2)c1. The number of halogens is 5. The molecule has 0 bridgehead atoms. The van der Waals surface area contributed by atoms with Crippen molar-refractivity contribution < 1.29 is 22.0 Å². The molecular weight excluding hydrogens is 289 g/mol. The fourth-order valence-electron chi connectivity index (χ4n) is 1.96. The van der Waals surface area contributed by atoms with Crippen molar-refractivity contribution in [3.8, 4) is 0 Å². The van der Waals surface area contributed by atoms with Crippen LogP contribution in [0.5, 0.6) is 0 Å². The van der Waals surface area contributed by atoms with Crippen LogP contribution in [-0.2, 0) is 0 Å². The smallest absolute Gasteiger partial charge is 0.375 e. The maximum atomic E-state index is 13.6. The molecule has 0 saturated heterocycles. The van der Waals surface area contributed by atoms with E-state index >= 15 is 0 Å². The Morgan fingerprint density at radius 2 is 1.62 bits per heavy atom. The van der Waals surface area contributed by atoms with Gasteiger partial charge in [-0.05, 0) is 23.8 Å². The van der Waals surface area contributed by atoms with Crippen LogP contribution in [0.2, 0.25) is 0 Å². The van der Waals surface area contributed by atoms with E-state index in [9.17, 15) is 22.0 Å². The van der Waals surface area contributed by atoms with E-state index < -0.39 is 30.3 Å². The summed E-state index contributed by atoms with van der Waals surface area (Å²) in [5.74, 6) is -1.53. The van der Waals surface area contributed by atoms with Gasteiger partial charge in [-0.15, -0.1) is 0 Å². The summed E-state index contributed by atoms with van der Waals surface area (Å²) in [5.41, 5.74) is 0.0478. The van der Waals surface area contributed by atoms with Crippen LogP contribution < -0.4 is 5.32 Å². The topological polar surface area (TPSA) is 12.0 Å². The molecule has 1 nitrogen and oxygen atoms in total. The molecule has 21 heavy (non-hydrogen) atoms. The second kappa shape index (κ2) is 6.11. The Bertz CT molecular complexity index is 595. The first kappa shape index (κ1) is 15.3. The Balaban J connectivity index is 2.30. The molecule has 0 fully saturated rings. The van der Waals surface area contributed by atoms with Crippen molar-refractivity contribution in [1.29, 1.82) is 0 Å². The summed E-state index contributed by atoms with van der Waals surface area (Å²) >= 11 is 0. The quantitative estimate of drug-likeness (QED) is 0.777. The van der Waals surface area contributed by atoms with Crippen molar-refractivity contribution in [3.63, 3.8) is 0 Å². The Kier molecular flexibility index (Phi) is 4.45. The molecule has 0 amide bonds. The first-order chi connectivity index (χ1) is 9.85. The molecule has 0 aromatic heterocycles. The fourth-order valence-corrected chi connectivity index (χ4v) is 1.96. The number of nitrogens with one attached hydrogen (secondary N) is 1. The Hall–Kier alpha value is -2.11. The number of rotatable bonds is 4. The molecule has 1 atom stereocenters. The van der Waals surface area contributed by atoms with E-state index in [1.807, 2.05) is 0 Å². The average molecular weight is 301 g/mol. The summed E-state index contributed by atoms with van der Waals surface area (Å²) < 4.78 is 64.7. The van der Waals surface area contributed by atoms with Crippen LogP contribution in [0, 0.1) is 11.6 Å². The van der Waals surface area contributed by atoms with Crippen molar-refractivity contribution in [3.05, 3.63) is 65.7 Å². The van der Waals surface area contributed by atoms with Crippen molar-refractivity contribution in [2.24, 2.45) is 0 Å². The highest BCUT2D eigenvalue weighted by molar-refractivity contribution is 5.47. The maximum Gasteiger partial charge on any atom is 0.391 e. The van der Waals surface area contributed by atoms with Crippen molar-refractivity contribution in [2.45, 2.75) is 18.6 Å². The number of benzene rings is 2. The molecule has 6 heteroatoms. The lowest BCUT2D eigenvalue weighted by Crippen LogP contribution is -2.20. The highest BCUT2D eigenvalue weighted by atomic mass is 19.4. The first-order valence-corrected chi connectivity index (χ1v) is 6.18. The van der Waals surface area contributed by atoms with Crippen LogP contribution in [0.3, 0.4) is 0 Å². The Morgan fingerprint density at radius 1 is 0.952 bits per heavy atom. The van der Waals surface area contributed by atoms with Gasteiger partial charge in [0, 0.05) is 0 Å². The van der Waals surface area contributed by atoms with E-state index in [1.165, 1.54) is 12.1 Å². The van der Waals surface area contributed by atoms with Gasteiger partial charge in [-0.2, -0.15) is 13.2 Å². The van der Waals surface area contributed by atoms with Gasteiger partial charge in [0.1, 0.15) is 11.6 Å². The van der Waals surface area contributed by atoms with Crippen LogP contribution in [0.4, 0.5) is 27.6 Å². The molecule has 2 rings (SSSR count). The Morgan fingerprint density at radius 3 is 2.24 bits per heavy atom. The van der Waals surface area contributed by atoms with Crippen LogP contribution in [-0.4, -0.2) is 6.18 Å². The van der Waals surface area contributed by atoms with Crippen LogP contribution in [0.1, 0.15) is 18.0 Å². The molecule has 0 aliphatic carbocycles. The monoisotopic (exact) mass is 301 g/mol. The third-order valence-electron chi connectivity index (χ3n) is 2.90. The van der Waals surface area contributed by atoms with Gasteiger partial charge in [0.05, 0.1) is 18.2 Å². The van der Waals surface area contributed by atoms with Crippen molar-refractivity contribution in [2.75, 3.05) is 5.32 Å². The molecular formula is C15H12F5N. The van der Waals surface area contributed by atoms with E-state index in [0.717, 1.165) is 18.2 Å². The molecule has 2 aromatic carbocycles. The maximum absolute atomic E-state index is 13.6. The van der Waals surface area contributed by atoms with Gasteiger partial charge in [0.25, 0.3) is 0 Å². The van der Waals surface area contributed by atoms with Gasteiger partial charge in [0.15, 0.2) is 0 Å². The lowest BCUT2D eigenvalue weighted by atomic mass is 10.0. The number of hydrogen-bond donors (Lipinski definition) is 1. The van der Waals surface area contributed by atoms with Gasteiger partial charge in [-0.3, -0.25) is 0 Å². The minimum Gasteiger partial charge on any atom is -0.375 e.